The fraction of sp³-hybridized carbons (Fsp3) is 0.474. The summed E-state index contributed by atoms with van der Waals surface area (Å²) >= 11 is 0. The highest BCUT2D eigenvalue weighted by Crippen LogP contribution is 2.39. The van der Waals surface area contributed by atoms with Gasteiger partial charge in [-0.25, -0.2) is 8.42 Å². The SMILES string of the molecule is CC(=O)N(C)/C=C/C1=[N+](CCCCS(=O)(=O)[O-])c2ccccc2C1(C)C. The van der Waals surface area contributed by atoms with E-state index in [1.807, 2.05) is 24.3 Å². The zero-order valence-corrected chi connectivity index (χ0v) is 16.5. The number of nitrogens with zero attached hydrogens (tertiary/aromatic N) is 2. The van der Waals surface area contributed by atoms with E-state index in [1.54, 1.807) is 13.2 Å². The van der Waals surface area contributed by atoms with E-state index < -0.39 is 10.1 Å². The van der Waals surface area contributed by atoms with E-state index >= 15 is 0 Å². The first-order chi connectivity index (χ1) is 12.0. The molecule has 1 aliphatic rings. The average molecular weight is 378 g/mol. The Labute approximate surface area is 155 Å². The second-order valence-corrected chi connectivity index (χ2v) is 8.62. The van der Waals surface area contributed by atoms with Gasteiger partial charge in [-0.15, -0.1) is 0 Å². The van der Waals surface area contributed by atoms with Gasteiger partial charge in [-0.2, -0.15) is 4.58 Å². The van der Waals surface area contributed by atoms with Crippen molar-refractivity contribution in [3.05, 3.63) is 42.1 Å². The van der Waals surface area contributed by atoms with Gasteiger partial charge in [-0.3, -0.25) is 4.79 Å². The van der Waals surface area contributed by atoms with Crippen molar-refractivity contribution in [1.82, 2.24) is 4.90 Å². The quantitative estimate of drug-likeness (QED) is 0.414. The van der Waals surface area contributed by atoms with Crippen LogP contribution in [0.5, 0.6) is 0 Å². The van der Waals surface area contributed by atoms with E-state index in [1.165, 1.54) is 17.4 Å². The van der Waals surface area contributed by atoms with Crippen molar-refractivity contribution in [2.45, 2.75) is 39.0 Å². The molecule has 1 heterocycles. The van der Waals surface area contributed by atoms with Crippen molar-refractivity contribution in [2.24, 2.45) is 0 Å². The molecule has 0 spiro atoms. The number of hydrogen-bond donors (Lipinski definition) is 0. The summed E-state index contributed by atoms with van der Waals surface area (Å²) in [6, 6.07) is 8.09. The summed E-state index contributed by atoms with van der Waals surface area (Å²) in [5, 5.41) is 0. The molecular formula is C19H26N2O4S. The van der Waals surface area contributed by atoms with Gasteiger partial charge in [0.15, 0.2) is 5.71 Å². The normalized spacial score (nSPS) is 16.2. The number of allylic oxidation sites excluding steroid dienone is 1. The van der Waals surface area contributed by atoms with Crippen LogP contribution in [-0.4, -0.2) is 53.4 Å². The fourth-order valence-corrected chi connectivity index (χ4v) is 3.78. The van der Waals surface area contributed by atoms with Gasteiger partial charge < -0.3 is 9.45 Å². The molecule has 0 aliphatic carbocycles. The number of benzene rings is 1. The Hall–Kier alpha value is -1.99. The molecule has 0 unspecified atom stereocenters. The number of hydrogen-bond acceptors (Lipinski definition) is 4. The van der Waals surface area contributed by atoms with E-state index in [0.29, 0.717) is 19.4 Å². The predicted molar refractivity (Wildman–Crippen MR) is 101 cm³/mol. The van der Waals surface area contributed by atoms with Crippen LogP contribution in [0.2, 0.25) is 0 Å². The van der Waals surface area contributed by atoms with E-state index in [9.17, 15) is 17.8 Å². The maximum Gasteiger partial charge on any atom is 0.223 e. The molecule has 0 aromatic heterocycles. The Morgan fingerprint density at radius 1 is 1.27 bits per heavy atom. The van der Waals surface area contributed by atoms with Crippen molar-refractivity contribution >= 4 is 27.4 Å². The molecule has 0 saturated heterocycles. The van der Waals surface area contributed by atoms with E-state index in [2.05, 4.69) is 24.5 Å². The Morgan fingerprint density at radius 2 is 1.92 bits per heavy atom. The molecule has 1 amide bonds. The van der Waals surface area contributed by atoms with Crippen LogP contribution < -0.4 is 0 Å². The zero-order valence-electron chi connectivity index (χ0n) is 15.7. The molecule has 0 N–H and O–H groups in total. The Kier molecular flexibility index (Phi) is 6.03. The molecule has 6 nitrogen and oxygen atoms in total. The summed E-state index contributed by atoms with van der Waals surface area (Å²) in [5.41, 5.74) is 3.06. The van der Waals surface area contributed by atoms with Gasteiger partial charge in [-0.05, 0) is 20.3 Å². The number of fused-ring (bicyclic) bond motifs is 1. The largest absolute Gasteiger partial charge is 0.748 e. The van der Waals surface area contributed by atoms with Gasteiger partial charge in [0.1, 0.15) is 6.54 Å². The smallest absolute Gasteiger partial charge is 0.223 e. The topological polar surface area (TPSA) is 80.5 Å². The van der Waals surface area contributed by atoms with Crippen LogP contribution in [0, 0.1) is 0 Å². The lowest BCUT2D eigenvalue weighted by atomic mass is 9.81. The molecule has 1 aromatic carbocycles. The Bertz CT molecular complexity index is 854. The van der Waals surface area contributed by atoms with E-state index in [0.717, 1.165) is 11.4 Å². The minimum absolute atomic E-state index is 0.0534. The van der Waals surface area contributed by atoms with E-state index in [-0.39, 0.29) is 17.1 Å². The van der Waals surface area contributed by atoms with Crippen LogP contribution in [0.1, 0.15) is 39.2 Å². The molecule has 2 rings (SSSR count). The number of para-hydroxylation sites is 1. The van der Waals surface area contributed by atoms with Crippen molar-refractivity contribution in [3.8, 4) is 0 Å². The summed E-state index contributed by atoms with van der Waals surface area (Å²) in [5.74, 6) is -0.396. The summed E-state index contributed by atoms with van der Waals surface area (Å²) in [4.78, 5) is 13.0. The minimum atomic E-state index is -4.18. The number of unbranched alkanes of at least 4 members (excludes halogenated alkanes) is 1. The second-order valence-electron chi connectivity index (χ2n) is 7.09. The standard InChI is InChI=1S/C19H26N2O4S/c1-15(22)20(4)13-11-18-19(2,3)16-9-5-6-10-17(16)21(18)12-7-8-14-26(23,24)25/h5-6,9-11,13H,7-8,12,14H2,1-4H3. The van der Waals surface area contributed by atoms with Gasteiger partial charge in [-0.1, -0.05) is 18.2 Å². The van der Waals surface area contributed by atoms with Crippen molar-refractivity contribution in [1.29, 1.82) is 0 Å². The number of rotatable bonds is 7. The molecule has 142 valence electrons. The zero-order chi connectivity index (χ0) is 19.5. The molecule has 0 bridgehead atoms. The predicted octanol–water partition coefficient (Wildman–Crippen LogP) is 2.38. The first kappa shape index (κ1) is 20.3. The van der Waals surface area contributed by atoms with Crippen molar-refractivity contribution < 1.29 is 22.3 Å². The Balaban J connectivity index is 2.33. The van der Waals surface area contributed by atoms with Gasteiger partial charge in [0.2, 0.25) is 11.6 Å². The maximum absolute atomic E-state index is 11.5. The van der Waals surface area contributed by atoms with Crippen LogP contribution >= 0.6 is 0 Å². The molecule has 1 aliphatic heterocycles. The summed E-state index contributed by atoms with van der Waals surface area (Å²) in [7, 11) is -2.47. The fourth-order valence-electron chi connectivity index (χ4n) is 3.22. The highest BCUT2D eigenvalue weighted by molar-refractivity contribution is 7.85. The lowest BCUT2D eigenvalue weighted by molar-refractivity contribution is -0.438. The highest BCUT2D eigenvalue weighted by atomic mass is 32.2. The second kappa shape index (κ2) is 7.72. The molecular weight excluding hydrogens is 352 g/mol. The van der Waals surface area contributed by atoms with Crippen LogP contribution in [0.15, 0.2) is 36.5 Å². The van der Waals surface area contributed by atoms with Gasteiger partial charge in [0, 0.05) is 50.1 Å². The average Bonchev–Trinajstić information content (AvgIpc) is 2.76. The maximum atomic E-state index is 11.5. The minimum Gasteiger partial charge on any atom is -0.748 e. The van der Waals surface area contributed by atoms with Gasteiger partial charge >= 0.3 is 0 Å². The summed E-state index contributed by atoms with van der Waals surface area (Å²) in [6.07, 6.45) is 4.60. The first-order valence-corrected chi connectivity index (χ1v) is 10.2. The molecule has 7 heteroatoms. The van der Waals surface area contributed by atoms with Gasteiger partial charge in [0.25, 0.3) is 0 Å². The molecule has 0 radical (unpaired) electrons. The van der Waals surface area contributed by atoms with Crippen molar-refractivity contribution in [3.63, 3.8) is 0 Å². The lowest BCUT2D eigenvalue weighted by Crippen LogP contribution is -2.29. The molecule has 0 fully saturated rings. The van der Waals surface area contributed by atoms with Gasteiger partial charge in [0.05, 0.1) is 15.5 Å². The van der Waals surface area contributed by atoms with Crippen LogP contribution in [-0.2, 0) is 20.3 Å². The van der Waals surface area contributed by atoms with Crippen LogP contribution in [0.25, 0.3) is 0 Å². The number of amides is 1. The molecule has 0 atom stereocenters. The van der Waals surface area contributed by atoms with Crippen LogP contribution in [0.4, 0.5) is 5.69 Å². The number of carbonyl (C=O) groups is 1. The third-order valence-corrected chi connectivity index (χ3v) is 5.57. The van der Waals surface area contributed by atoms with E-state index in [4.69, 9.17) is 0 Å². The summed E-state index contributed by atoms with van der Waals surface area (Å²) < 4.78 is 34.6. The monoisotopic (exact) mass is 378 g/mol. The third kappa shape index (κ3) is 4.59. The first-order valence-electron chi connectivity index (χ1n) is 8.63. The highest BCUT2D eigenvalue weighted by Gasteiger charge is 2.43. The third-order valence-electron chi connectivity index (χ3n) is 4.78. The Morgan fingerprint density at radius 3 is 2.54 bits per heavy atom. The van der Waals surface area contributed by atoms with Crippen LogP contribution in [0.3, 0.4) is 0 Å². The number of carbonyl (C=O) groups excluding carboxylic acids is 1. The molecule has 1 aromatic rings. The summed E-state index contributed by atoms with van der Waals surface area (Å²) in [6.45, 7) is 6.37. The van der Waals surface area contributed by atoms with Crippen molar-refractivity contribution in [2.75, 3.05) is 19.3 Å². The molecule has 0 saturated carbocycles. The molecule has 26 heavy (non-hydrogen) atoms. The lowest BCUT2D eigenvalue weighted by Gasteiger charge is -2.16.